The molecule has 1 atom stereocenters. The number of aromatic nitrogens is 1. The fourth-order valence-electron chi connectivity index (χ4n) is 3.36. The van der Waals surface area contributed by atoms with E-state index in [0.717, 1.165) is 16.7 Å². The van der Waals surface area contributed by atoms with Gasteiger partial charge in [0.1, 0.15) is 12.4 Å². The van der Waals surface area contributed by atoms with Crippen LogP contribution in [0, 0.1) is 13.8 Å². The number of nitrogens with two attached hydrogens (primary N) is 1. The van der Waals surface area contributed by atoms with Gasteiger partial charge in [0.25, 0.3) is 5.91 Å². The van der Waals surface area contributed by atoms with Gasteiger partial charge >= 0.3 is 0 Å². The van der Waals surface area contributed by atoms with Gasteiger partial charge < -0.3 is 20.4 Å². The van der Waals surface area contributed by atoms with Crippen molar-refractivity contribution < 1.29 is 9.53 Å². The minimum atomic E-state index is -0.125. The summed E-state index contributed by atoms with van der Waals surface area (Å²) in [5.41, 5.74) is 11.6. The van der Waals surface area contributed by atoms with Gasteiger partial charge in [-0.1, -0.05) is 24.3 Å². The minimum Gasteiger partial charge on any atom is -0.492 e. The molecule has 5 nitrogen and oxygen atoms in total. The molecule has 1 amide bonds. The first-order valence-electron chi connectivity index (χ1n) is 9.87. The Kier molecular flexibility index (Phi) is 6.39. The maximum Gasteiger partial charge on any atom is 0.252 e. The Morgan fingerprint density at radius 1 is 1.17 bits per heavy atom. The van der Waals surface area contributed by atoms with Crippen LogP contribution in [-0.4, -0.2) is 23.6 Å². The molecule has 1 heterocycles. The molecule has 1 aromatic heterocycles. The van der Waals surface area contributed by atoms with E-state index in [1.165, 1.54) is 11.3 Å². The van der Waals surface area contributed by atoms with E-state index in [9.17, 15) is 4.79 Å². The van der Waals surface area contributed by atoms with Gasteiger partial charge in [0.05, 0.1) is 6.04 Å². The molecule has 0 aliphatic rings. The zero-order valence-electron chi connectivity index (χ0n) is 17.5. The molecule has 0 unspecified atom stereocenters. The van der Waals surface area contributed by atoms with E-state index in [-0.39, 0.29) is 11.9 Å². The predicted molar refractivity (Wildman–Crippen MR) is 117 cm³/mol. The van der Waals surface area contributed by atoms with Crippen LogP contribution < -0.4 is 15.8 Å². The van der Waals surface area contributed by atoms with E-state index in [0.29, 0.717) is 24.5 Å². The Labute approximate surface area is 172 Å². The summed E-state index contributed by atoms with van der Waals surface area (Å²) in [6.07, 6.45) is 2.06. The van der Waals surface area contributed by atoms with Crippen LogP contribution in [0.15, 0.2) is 54.7 Å². The van der Waals surface area contributed by atoms with Crippen molar-refractivity contribution in [2.24, 2.45) is 12.8 Å². The van der Waals surface area contributed by atoms with Gasteiger partial charge in [0.15, 0.2) is 0 Å². The van der Waals surface area contributed by atoms with Gasteiger partial charge in [0.2, 0.25) is 0 Å². The van der Waals surface area contributed by atoms with Crippen molar-refractivity contribution in [2.75, 3.05) is 13.2 Å². The minimum absolute atomic E-state index is 0.116. The first-order chi connectivity index (χ1) is 13.9. The highest BCUT2D eigenvalue weighted by molar-refractivity contribution is 5.96. The summed E-state index contributed by atoms with van der Waals surface area (Å²) < 4.78 is 7.67. The Hall–Kier alpha value is -3.05. The molecule has 0 bridgehead atoms. The number of carbonyl (C=O) groups excluding carboxylic acids is 1. The fourth-order valence-corrected chi connectivity index (χ4v) is 3.36. The van der Waals surface area contributed by atoms with E-state index >= 15 is 0 Å². The lowest BCUT2D eigenvalue weighted by Crippen LogP contribution is -2.27. The summed E-state index contributed by atoms with van der Waals surface area (Å²) in [5.74, 6) is 0.537. The molecule has 29 heavy (non-hydrogen) atoms. The molecule has 3 N–H and O–H groups in total. The lowest BCUT2D eigenvalue weighted by Gasteiger charge is -2.17. The third kappa shape index (κ3) is 4.69. The van der Waals surface area contributed by atoms with E-state index < -0.39 is 0 Å². The Balaban J connectivity index is 1.78. The summed E-state index contributed by atoms with van der Waals surface area (Å²) in [7, 11) is 2.04. The van der Waals surface area contributed by atoms with Crippen molar-refractivity contribution in [1.29, 1.82) is 0 Å². The summed E-state index contributed by atoms with van der Waals surface area (Å²) in [6.45, 7) is 6.88. The van der Waals surface area contributed by atoms with Crippen molar-refractivity contribution in [3.63, 3.8) is 0 Å². The molecule has 3 rings (SSSR count). The van der Waals surface area contributed by atoms with Gasteiger partial charge in [-0.2, -0.15) is 0 Å². The normalized spacial score (nSPS) is 11.9. The first kappa shape index (κ1) is 20.7. The third-order valence-electron chi connectivity index (χ3n) is 5.27. The zero-order chi connectivity index (χ0) is 21.0. The molecule has 2 aromatic carbocycles. The molecule has 0 saturated carbocycles. The molecule has 0 spiro atoms. The molecule has 0 saturated heterocycles. The van der Waals surface area contributed by atoms with Crippen molar-refractivity contribution in [3.05, 3.63) is 77.1 Å². The average Bonchev–Trinajstić information content (AvgIpc) is 3.06. The number of hydrogen-bond acceptors (Lipinski definition) is 3. The van der Waals surface area contributed by atoms with Crippen LogP contribution in [-0.2, 0) is 7.05 Å². The van der Waals surface area contributed by atoms with Crippen LogP contribution >= 0.6 is 0 Å². The fraction of sp³-hybridized carbons (Fsp3) is 0.292. The SMILES string of the molecule is Cc1ccc(OCCN)cc1C(=O)N[C@H](C)c1cccc(-c2ccn(C)c2C)c1. The Morgan fingerprint density at radius 2 is 1.97 bits per heavy atom. The highest BCUT2D eigenvalue weighted by atomic mass is 16.5. The van der Waals surface area contributed by atoms with Gasteiger partial charge in [-0.3, -0.25) is 4.79 Å². The van der Waals surface area contributed by atoms with Crippen LogP contribution in [0.25, 0.3) is 11.1 Å². The van der Waals surface area contributed by atoms with Crippen LogP contribution in [0.5, 0.6) is 5.75 Å². The number of aryl methyl sites for hydroxylation is 2. The van der Waals surface area contributed by atoms with Crippen LogP contribution in [0.1, 0.15) is 40.1 Å². The molecule has 3 aromatic rings. The van der Waals surface area contributed by atoms with Crippen molar-refractivity contribution >= 4 is 5.91 Å². The van der Waals surface area contributed by atoms with Crippen molar-refractivity contribution in [2.45, 2.75) is 26.8 Å². The van der Waals surface area contributed by atoms with Gasteiger partial charge in [-0.25, -0.2) is 0 Å². The lowest BCUT2D eigenvalue weighted by atomic mass is 10.00. The first-order valence-corrected chi connectivity index (χ1v) is 9.87. The number of nitrogens with zero attached hydrogens (tertiary/aromatic N) is 1. The van der Waals surface area contributed by atoms with Crippen molar-refractivity contribution in [3.8, 4) is 16.9 Å². The Morgan fingerprint density at radius 3 is 2.66 bits per heavy atom. The summed E-state index contributed by atoms with van der Waals surface area (Å²) >= 11 is 0. The average molecular weight is 392 g/mol. The summed E-state index contributed by atoms with van der Waals surface area (Å²) in [6, 6.07) is 15.8. The number of carbonyl (C=O) groups is 1. The number of hydrogen-bond donors (Lipinski definition) is 2. The Bertz CT molecular complexity index is 1010. The number of nitrogens with one attached hydrogen (secondary N) is 1. The van der Waals surface area contributed by atoms with E-state index in [1.54, 1.807) is 6.07 Å². The molecule has 5 heteroatoms. The molecular formula is C24H29N3O2. The van der Waals surface area contributed by atoms with Crippen LogP contribution in [0.2, 0.25) is 0 Å². The predicted octanol–water partition coefficient (Wildman–Crippen LogP) is 4.14. The highest BCUT2D eigenvalue weighted by Gasteiger charge is 2.15. The maximum atomic E-state index is 12.9. The summed E-state index contributed by atoms with van der Waals surface area (Å²) in [5, 5.41) is 3.11. The van der Waals surface area contributed by atoms with Crippen LogP contribution in [0.3, 0.4) is 0 Å². The summed E-state index contributed by atoms with van der Waals surface area (Å²) in [4.78, 5) is 12.9. The molecule has 152 valence electrons. The van der Waals surface area contributed by atoms with E-state index in [2.05, 4.69) is 41.2 Å². The molecule has 0 aliphatic heterocycles. The molecule has 0 aliphatic carbocycles. The lowest BCUT2D eigenvalue weighted by molar-refractivity contribution is 0.0939. The monoisotopic (exact) mass is 391 g/mol. The largest absolute Gasteiger partial charge is 0.492 e. The van der Waals surface area contributed by atoms with Gasteiger partial charge in [0, 0.05) is 36.6 Å². The third-order valence-corrected chi connectivity index (χ3v) is 5.27. The van der Waals surface area contributed by atoms with Crippen molar-refractivity contribution in [1.82, 2.24) is 9.88 Å². The second-order valence-corrected chi connectivity index (χ2v) is 7.36. The number of amides is 1. The molecule has 0 radical (unpaired) electrons. The van der Waals surface area contributed by atoms with E-state index in [1.807, 2.05) is 45.2 Å². The zero-order valence-corrected chi connectivity index (χ0v) is 17.5. The quantitative estimate of drug-likeness (QED) is 0.636. The molecule has 0 fully saturated rings. The number of ether oxygens (including phenoxy) is 1. The van der Waals surface area contributed by atoms with Gasteiger partial charge in [-0.05, 0) is 61.7 Å². The van der Waals surface area contributed by atoms with Crippen LogP contribution in [0.4, 0.5) is 0 Å². The standard InChI is InChI=1S/C24H29N3O2/c1-16-8-9-21(29-13-11-25)15-23(16)24(28)26-17(2)19-6-5-7-20(14-19)22-10-12-27(4)18(22)3/h5-10,12,14-15,17H,11,13,25H2,1-4H3,(H,26,28)/t17-/m1/s1. The smallest absolute Gasteiger partial charge is 0.252 e. The second kappa shape index (κ2) is 8.97. The highest BCUT2D eigenvalue weighted by Crippen LogP contribution is 2.27. The topological polar surface area (TPSA) is 69.3 Å². The number of benzene rings is 2. The van der Waals surface area contributed by atoms with Gasteiger partial charge in [-0.15, -0.1) is 0 Å². The molecular weight excluding hydrogens is 362 g/mol. The second-order valence-electron chi connectivity index (χ2n) is 7.36. The van der Waals surface area contributed by atoms with E-state index in [4.69, 9.17) is 10.5 Å². The number of rotatable bonds is 7. The maximum absolute atomic E-state index is 12.9.